The van der Waals surface area contributed by atoms with E-state index in [0.29, 0.717) is 6.61 Å². The van der Waals surface area contributed by atoms with Crippen LogP contribution in [-0.2, 0) is 6.42 Å². The molecule has 0 aliphatic heterocycles. The SMILES string of the molecule is Cc1nc2ccccc2n1OCCc1ccc(I)cc1. The Morgan fingerprint density at radius 2 is 1.85 bits per heavy atom. The van der Waals surface area contributed by atoms with E-state index in [1.807, 2.05) is 35.9 Å². The maximum absolute atomic E-state index is 5.88. The molecular weight excluding hydrogens is 363 g/mol. The fourth-order valence-electron chi connectivity index (χ4n) is 2.19. The van der Waals surface area contributed by atoms with Gasteiger partial charge in [-0.05, 0) is 59.3 Å². The lowest BCUT2D eigenvalue weighted by molar-refractivity contribution is 0.117. The molecule has 1 aromatic heterocycles. The third-order valence-electron chi connectivity index (χ3n) is 3.20. The van der Waals surface area contributed by atoms with Gasteiger partial charge in [0, 0.05) is 9.99 Å². The topological polar surface area (TPSA) is 27.1 Å². The molecule has 0 bridgehead atoms. The number of fused-ring (bicyclic) bond motifs is 1. The molecule has 1 heterocycles. The van der Waals surface area contributed by atoms with Gasteiger partial charge in [-0.25, -0.2) is 4.98 Å². The Bertz CT molecular complexity index is 719. The number of aryl methyl sites for hydroxylation is 1. The summed E-state index contributed by atoms with van der Waals surface area (Å²) in [6.45, 7) is 2.60. The Kier molecular flexibility index (Phi) is 3.91. The van der Waals surface area contributed by atoms with E-state index in [2.05, 4.69) is 51.8 Å². The third-order valence-corrected chi connectivity index (χ3v) is 3.92. The number of nitrogens with zero attached hydrogens (tertiary/aromatic N) is 2. The van der Waals surface area contributed by atoms with Gasteiger partial charge in [-0.2, -0.15) is 4.73 Å². The van der Waals surface area contributed by atoms with Gasteiger partial charge in [0.25, 0.3) is 0 Å². The molecule has 0 amide bonds. The van der Waals surface area contributed by atoms with Gasteiger partial charge in [-0.1, -0.05) is 24.3 Å². The largest absolute Gasteiger partial charge is 0.412 e. The summed E-state index contributed by atoms with van der Waals surface area (Å²) >= 11 is 2.31. The molecule has 0 saturated heterocycles. The molecule has 0 unspecified atom stereocenters. The highest BCUT2D eigenvalue weighted by Gasteiger charge is 2.07. The highest BCUT2D eigenvalue weighted by atomic mass is 127. The molecule has 3 aromatic rings. The van der Waals surface area contributed by atoms with E-state index in [-0.39, 0.29) is 0 Å². The Balaban J connectivity index is 1.71. The molecule has 0 fully saturated rings. The van der Waals surface area contributed by atoms with Gasteiger partial charge in [0.2, 0.25) is 0 Å². The molecule has 0 saturated carbocycles. The van der Waals surface area contributed by atoms with Crippen molar-refractivity contribution in [3.05, 3.63) is 63.5 Å². The van der Waals surface area contributed by atoms with Crippen LogP contribution in [0.2, 0.25) is 0 Å². The van der Waals surface area contributed by atoms with Crippen molar-refractivity contribution >= 4 is 33.6 Å². The predicted octanol–water partition coefficient (Wildman–Crippen LogP) is 3.62. The van der Waals surface area contributed by atoms with Gasteiger partial charge >= 0.3 is 0 Å². The van der Waals surface area contributed by atoms with Crippen molar-refractivity contribution in [2.75, 3.05) is 6.61 Å². The molecule has 102 valence electrons. The van der Waals surface area contributed by atoms with Gasteiger partial charge in [-0.3, -0.25) is 0 Å². The first kappa shape index (κ1) is 13.4. The molecule has 4 heteroatoms. The van der Waals surface area contributed by atoms with E-state index >= 15 is 0 Å². The first-order valence-electron chi connectivity index (χ1n) is 6.56. The van der Waals surface area contributed by atoms with Crippen LogP contribution in [0.15, 0.2) is 48.5 Å². The van der Waals surface area contributed by atoms with Gasteiger partial charge in [0.1, 0.15) is 17.9 Å². The van der Waals surface area contributed by atoms with Crippen LogP contribution >= 0.6 is 22.6 Å². The Labute approximate surface area is 131 Å². The number of benzene rings is 2. The maximum Gasteiger partial charge on any atom is 0.143 e. The zero-order chi connectivity index (χ0) is 13.9. The summed E-state index contributed by atoms with van der Waals surface area (Å²) in [5, 5.41) is 0. The first-order valence-corrected chi connectivity index (χ1v) is 7.64. The minimum Gasteiger partial charge on any atom is -0.412 e. The van der Waals surface area contributed by atoms with E-state index in [1.165, 1.54) is 9.13 Å². The van der Waals surface area contributed by atoms with Crippen LogP contribution in [0.3, 0.4) is 0 Å². The van der Waals surface area contributed by atoms with E-state index in [1.54, 1.807) is 0 Å². The van der Waals surface area contributed by atoms with Crippen LogP contribution in [0.25, 0.3) is 11.0 Å². The van der Waals surface area contributed by atoms with E-state index < -0.39 is 0 Å². The molecule has 0 atom stereocenters. The molecule has 3 rings (SSSR count). The molecule has 0 N–H and O–H groups in total. The van der Waals surface area contributed by atoms with Crippen LogP contribution < -0.4 is 4.84 Å². The number of para-hydroxylation sites is 2. The van der Waals surface area contributed by atoms with Crippen molar-refractivity contribution in [2.24, 2.45) is 0 Å². The van der Waals surface area contributed by atoms with Crippen molar-refractivity contribution in [1.29, 1.82) is 0 Å². The van der Waals surface area contributed by atoms with Crippen molar-refractivity contribution in [2.45, 2.75) is 13.3 Å². The average Bonchev–Trinajstić information content (AvgIpc) is 2.77. The minimum atomic E-state index is 0.641. The number of hydrogen-bond donors (Lipinski definition) is 0. The van der Waals surface area contributed by atoms with E-state index in [0.717, 1.165) is 23.3 Å². The van der Waals surface area contributed by atoms with E-state index in [4.69, 9.17) is 4.84 Å². The Hall–Kier alpha value is -1.56. The van der Waals surface area contributed by atoms with Crippen LogP contribution in [-0.4, -0.2) is 16.3 Å². The lowest BCUT2D eigenvalue weighted by Gasteiger charge is -2.09. The lowest BCUT2D eigenvalue weighted by atomic mass is 10.2. The molecule has 20 heavy (non-hydrogen) atoms. The second kappa shape index (κ2) is 5.83. The summed E-state index contributed by atoms with van der Waals surface area (Å²) in [7, 11) is 0. The van der Waals surface area contributed by atoms with Crippen molar-refractivity contribution in [3.8, 4) is 0 Å². The van der Waals surface area contributed by atoms with Crippen LogP contribution in [0.1, 0.15) is 11.4 Å². The second-order valence-corrected chi connectivity index (χ2v) is 5.90. The Morgan fingerprint density at radius 1 is 1.10 bits per heavy atom. The summed E-state index contributed by atoms with van der Waals surface area (Å²) in [6, 6.07) is 16.5. The van der Waals surface area contributed by atoms with Gasteiger partial charge in [0.15, 0.2) is 0 Å². The summed E-state index contributed by atoms with van der Waals surface area (Å²) in [4.78, 5) is 10.4. The van der Waals surface area contributed by atoms with Crippen molar-refractivity contribution in [1.82, 2.24) is 9.71 Å². The lowest BCUT2D eigenvalue weighted by Crippen LogP contribution is -2.15. The van der Waals surface area contributed by atoms with Crippen LogP contribution in [0.4, 0.5) is 0 Å². The molecule has 2 aromatic carbocycles. The van der Waals surface area contributed by atoms with Crippen LogP contribution in [0, 0.1) is 10.5 Å². The fourth-order valence-corrected chi connectivity index (χ4v) is 2.55. The molecular formula is C16H15IN2O. The predicted molar refractivity (Wildman–Crippen MR) is 88.8 cm³/mol. The highest BCUT2D eigenvalue weighted by molar-refractivity contribution is 14.1. The summed E-state index contributed by atoms with van der Waals surface area (Å²) in [6.07, 6.45) is 0.892. The molecule has 0 aliphatic carbocycles. The third kappa shape index (κ3) is 2.80. The number of rotatable bonds is 4. The number of imidazole rings is 1. The fraction of sp³-hybridized carbons (Fsp3) is 0.188. The molecule has 0 spiro atoms. The monoisotopic (exact) mass is 378 g/mol. The van der Waals surface area contributed by atoms with Gasteiger partial charge < -0.3 is 4.84 Å². The Morgan fingerprint density at radius 3 is 2.65 bits per heavy atom. The van der Waals surface area contributed by atoms with Crippen LogP contribution in [0.5, 0.6) is 0 Å². The zero-order valence-corrected chi connectivity index (χ0v) is 13.4. The van der Waals surface area contributed by atoms with Gasteiger partial charge in [0.05, 0.1) is 5.52 Å². The summed E-state index contributed by atoms with van der Waals surface area (Å²) in [5.41, 5.74) is 3.28. The smallest absolute Gasteiger partial charge is 0.143 e. The zero-order valence-electron chi connectivity index (χ0n) is 11.2. The molecule has 3 nitrogen and oxygen atoms in total. The minimum absolute atomic E-state index is 0.641. The first-order chi connectivity index (χ1) is 9.74. The average molecular weight is 378 g/mol. The number of aromatic nitrogens is 2. The standard InChI is InChI=1S/C16H15IN2O/c1-12-18-15-4-2-3-5-16(15)19(12)20-11-10-13-6-8-14(17)9-7-13/h2-9H,10-11H2,1H3. The highest BCUT2D eigenvalue weighted by Crippen LogP contribution is 2.14. The number of hydrogen-bond acceptors (Lipinski definition) is 2. The number of halogens is 1. The van der Waals surface area contributed by atoms with Gasteiger partial charge in [-0.15, -0.1) is 0 Å². The van der Waals surface area contributed by atoms with E-state index in [9.17, 15) is 0 Å². The van der Waals surface area contributed by atoms with Crippen molar-refractivity contribution in [3.63, 3.8) is 0 Å². The summed E-state index contributed by atoms with van der Waals surface area (Å²) < 4.78 is 3.07. The molecule has 0 radical (unpaired) electrons. The molecule has 0 aliphatic rings. The quantitative estimate of drug-likeness (QED) is 0.649. The van der Waals surface area contributed by atoms with Crippen molar-refractivity contribution < 1.29 is 4.84 Å². The normalized spacial score (nSPS) is 10.9. The summed E-state index contributed by atoms with van der Waals surface area (Å²) in [5.74, 6) is 0.883. The maximum atomic E-state index is 5.88. The second-order valence-electron chi connectivity index (χ2n) is 4.65.